The number of esters is 1. The van der Waals surface area contributed by atoms with Gasteiger partial charge in [-0.25, -0.2) is 4.39 Å². The lowest BCUT2D eigenvalue weighted by atomic mass is 9.82. The zero-order valence-electron chi connectivity index (χ0n) is 11.2. The SMILES string of the molecule is CCOC(=O)C(C)(C)C(O)c1ccc(F)c(C)c1. The van der Waals surface area contributed by atoms with Crippen molar-refractivity contribution in [3.05, 3.63) is 35.1 Å². The lowest BCUT2D eigenvalue weighted by Crippen LogP contribution is -2.33. The van der Waals surface area contributed by atoms with E-state index in [-0.39, 0.29) is 12.4 Å². The molecule has 0 bridgehead atoms. The van der Waals surface area contributed by atoms with Crippen LogP contribution in [-0.2, 0) is 9.53 Å². The Morgan fingerprint density at radius 1 is 1.50 bits per heavy atom. The molecule has 1 aromatic rings. The van der Waals surface area contributed by atoms with Crippen molar-refractivity contribution >= 4 is 5.97 Å². The van der Waals surface area contributed by atoms with Crippen LogP contribution in [0.1, 0.15) is 38.0 Å². The third-order valence-electron chi connectivity index (χ3n) is 2.98. The molecule has 0 heterocycles. The summed E-state index contributed by atoms with van der Waals surface area (Å²) < 4.78 is 18.1. The second-order valence-electron chi connectivity index (χ2n) is 4.85. The third-order valence-corrected chi connectivity index (χ3v) is 2.98. The normalized spacial score (nSPS) is 13.2. The van der Waals surface area contributed by atoms with Gasteiger partial charge in [0.1, 0.15) is 5.82 Å². The van der Waals surface area contributed by atoms with Crippen molar-refractivity contribution in [1.29, 1.82) is 0 Å². The van der Waals surface area contributed by atoms with Crippen molar-refractivity contribution in [3.8, 4) is 0 Å². The summed E-state index contributed by atoms with van der Waals surface area (Å²) in [5.74, 6) is -0.806. The van der Waals surface area contributed by atoms with Gasteiger partial charge in [0.25, 0.3) is 0 Å². The number of aliphatic hydroxyl groups excluding tert-OH is 1. The minimum absolute atomic E-state index is 0.261. The fourth-order valence-corrected chi connectivity index (χ4v) is 1.68. The Balaban J connectivity index is 3.01. The number of ether oxygens (including phenoxy) is 1. The third kappa shape index (κ3) is 2.88. The minimum Gasteiger partial charge on any atom is -0.465 e. The lowest BCUT2D eigenvalue weighted by molar-refractivity contribution is -0.160. The number of carbonyl (C=O) groups excluding carboxylic acids is 1. The molecular weight excluding hydrogens is 235 g/mol. The Labute approximate surface area is 107 Å². The summed E-state index contributed by atoms with van der Waals surface area (Å²) in [6.07, 6.45) is -1.03. The van der Waals surface area contributed by atoms with E-state index >= 15 is 0 Å². The zero-order chi connectivity index (χ0) is 13.9. The van der Waals surface area contributed by atoms with Crippen LogP contribution in [0.4, 0.5) is 4.39 Å². The van der Waals surface area contributed by atoms with Crippen molar-refractivity contribution in [2.24, 2.45) is 5.41 Å². The van der Waals surface area contributed by atoms with E-state index in [1.807, 2.05) is 0 Å². The van der Waals surface area contributed by atoms with Gasteiger partial charge < -0.3 is 9.84 Å². The van der Waals surface area contributed by atoms with E-state index in [0.717, 1.165) is 0 Å². The second-order valence-corrected chi connectivity index (χ2v) is 4.85. The molecule has 1 N–H and O–H groups in total. The molecule has 0 aliphatic carbocycles. The van der Waals surface area contributed by atoms with Crippen LogP contribution < -0.4 is 0 Å². The highest BCUT2D eigenvalue weighted by atomic mass is 19.1. The molecular formula is C14H19FO3. The predicted octanol–water partition coefficient (Wildman–Crippen LogP) is 2.76. The fourth-order valence-electron chi connectivity index (χ4n) is 1.68. The molecule has 0 aliphatic heterocycles. The predicted molar refractivity (Wildman–Crippen MR) is 66.5 cm³/mol. The van der Waals surface area contributed by atoms with Crippen LogP contribution in [0, 0.1) is 18.2 Å². The largest absolute Gasteiger partial charge is 0.465 e. The number of hydrogen-bond donors (Lipinski definition) is 1. The number of benzene rings is 1. The van der Waals surface area contributed by atoms with Crippen LogP contribution in [0.3, 0.4) is 0 Å². The molecule has 0 saturated heterocycles. The molecule has 0 amide bonds. The van der Waals surface area contributed by atoms with Gasteiger partial charge in [0.05, 0.1) is 18.1 Å². The zero-order valence-corrected chi connectivity index (χ0v) is 11.2. The topological polar surface area (TPSA) is 46.5 Å². The van der Waals surface area contributed by atoms with E-state index in [2.05, 4.69) is 0 Å². The van der Waals surface area contributed by atoms with Crippen molar-refractivity contribution in [2.75, 3.05) is 6.61 Å². The lowest BCUT2D eigenvalue weighted by Gasteiger charge is -2.28. The average Bonchev–Trinajstić information content (AvgIpc) is 2.32. The first-order chi connectivity index (χ1) is 8.30. The average molecular weight is 254 g/mol. The van der Waals surface area contributed by atoms with Gasteiger partial charge in [0, 0.05) is 0 Å². The van der Waals surface area contributed by atoms with Gasteiger partial charge >= 0.3 is 5.97 Å². The standard InChI is InChI=1S/C14H19FO3/c1-5-18-13(17)14(3,4)12(16)10-6-7-11(15)9(2)8-10/h6-8,12,16H,5H2,1-4H3. The first-order valence-corrected chi connectivity index (χ1v) is 5.92. The molecule has 4 heteroatoms. The first kappa shape index (κ1) is 14.6. The summed E-state index contributed by atoms with van der Waals surface area (Å²) >= 11 is 0. The molecule has 0 radical (unpaired) electrons. The monoisotopic (exact) mass is 254 g/mol. The quantitative estimate of drug-likeness (QED) is 0.840. The van der Waals surface area contributed by atoms with Gasteiger partial charge in [-0.1, -0.05) is 12.1 Å². The summed E-state index contributed by atoms with van der Waals surface area (Å²) in [5.41, 5.74) is -0.126. The maximum absolute atomic E-state index is 13.2. The Morgan fingerprint density at radius 2 is 2.11 bits per heavy atom. The van der Waals surface area contributed by atoms with Crippen molar-refractivity contribution in [2.45, 2.75) is 33.8 Å². The molecule has 0 aromatic heterocycles. The fraction of sp³-hybridized carbons (Fsp3) is 0.500. The number of aliphatic hydroxyl groups is 1. The molecule has 1 aromatic carbocycles. The van der Waals surface area contributed by atoms with Crippen molar-refractivity contribution in [3.63, 3.8) is 0 Å². The molecule has 3 nitrogen and oxygen atoms in total. The number of aryl methyl sites for hydroxylation is 1. The maximum atomic E-state index is 13.2. The minimum atomic E-state index is -1.07. The highest BCUT2D eigenvalue weighted by molar-refractivity contribution is 5.77. The van der Waals surface area contributed by atoms with Crippen molar-refractivity contribution < 1.29 is 19.0 Å². The van der Waals surface area contributed by atoms with Gasteiger partial charge in [0.15, 0.2) is 0 Å². The summed E-state index contributed by atoms with van der Waals surface area (Å²) in [6.45, 7) is 6.80. The first-order valence-electron chi connectivity index (χ1n) is 5.92. The van der Waals surface area contributed by atoms with E-state index in [0.29, 0.717) is 11.1 Å². The Bertz CT molecular complexity index is 441. The Kier molecular flexibility index (Phi) is 4.46. The number of halogens is 1. The van der Waals surface area contributed by atoms with Crippen LogP contribution >= 0.6 is 0 Å². The van der Waals surface area contributed by atoms with Crippen LogP contribution in [0.25, 0.3) is 0 Å². The highest BCUT2D eigenvalue weighted by Crippen LogP contribution is 2.35. The van der Waals surface area contributed by atoms with Gasteiger partial charge in [0.2, 0.25) is 0 Å². The molecule has 0 saturated carbocycles. The second kappa shape index (κ2) is 5.48. The molecule has 100 valence electrons. The van der Waals surface area contributed by atoms with Crippen LogP contribution in [0.5, 0.6) is 0 Å². The van der Waals surface area contributed by atoms with Crippen molar-refractivity contribution in [1.82, 2.24) is 0 Å². The van der Waals surface area contributed by atoms with E-state index in [4.69, 9.17) is 4.74 Å². The van der Waals surface area contributed by atoms with E-state index in [1.54, 1.807) is 33.8 Å². The van der Waals surface area contributed by atoms with Crippen LogP contribution in [-0.4, -0.2) is 17.7 Å². The molecule has 0 fully saturated rings. The summed E-state index contributed by atoms with van der Waals surface area (Å²) in [6, 6.07) is 4.31. The summed E-state index contributed by atoms with van der Waals surface area (Å²) in [4.78, 5) is 11.8. The van der Waals surface area contributed by atoms with Gasteiger partial charge in [-0.05, 0) is 44.9 Å². The Hall–Kier alpha value is -1.42. The molecule has 1 rings (SSSR count). The van der Waals surface area contributed by atoms with E-state index in [9.17, 15) is 14.3 Å². The van der Waals surface area contributed by atoms with Crippen LogP contribution in [0.2, 0.25) is 0 Å². The summed E-state index contributed by atoms with van der Waals surface area (Å²) in [7, 11) is 0. The molecule has 0 spiro atoms. The number of hydrogen-bond acceptors (Lipinski definition) is 3. The van der Waals surface area contributed by atoms with Gasteiger partial charge in [-0.15, -0.1) is 0 Å². The maximum Gasteiger partial charge on any atom is 0.314 e. The van der Waals surface area contributed by atoms with Crippen LogP contribution in [0.15, 0.2) is 18.2 Å². The van der Waals surface area contributed by atoms with Gasteiger partial charge in [-0.2, -0.15) is 0 Å². The molecule has 0 aliphatic rings. The molecule has 18 heavy (non-hydrogen) atoms. The van der Waals surface area contributed by atoms with Gasteiger partial charge in [-0.3, -0.25) is 4.79 Å². The van der Waals surface area contributed by atoms with E-state index < -0.39 is 17.5 Å². The summed E-state index contributed by atoms with van der Waals surface area (Å²) in [5, 5.41) is 10.2. The smallest absolute Gasteiger partial charge is 0.314 e. The molecule has 1 unspecified atom stereocenters. The number of rotatable bonds is 4. The Morgan fingerprint density at radius 3 is 2.61 bits per heavy atom. The highest BCUT2D eigenvalue weighted by Gasteiger charge is 2.38. The van der Waals surface area contributed by atoms with E-state index in [1.165, 1.54) is 12.1 Å². The molecule has 1 atom stereocenters. The number of carbonyl (C=O) groups is 1.